The fourth-order valence-corrected chi connectivity index (χ4v) is 6.93. The van der Waals surface area contributed by atoms with Gasteiger partial charge in [0.05, 0.1) is 16.6 Å². The Labute approximate surface area is 262 Å². The van der Waals surface area contributed by atoms with E-state index in [4.69, 9.17) is 14.7 Å². The van der Waals surface area contributed by atoms with E-state index in [0.717, 1.165) is 32.0 Å². The second kappa shape index (κ2) is 10.8. The zero-order valence-electron chi connectivity index (χ0n) is 22.2. The van der Waals surface area contributed by atoms with Gasteiger partial charge in [-0.05, 0) is 46.5 Å². The second-order valence-corrected chi connectivity index (χ2v) is 11.0. The molecule has 0 spiro atoms. The number of hydrogen-bond acceptors (Lipinski definition) is 4. The van der Waals surface area contributed by atoms with E-state index in [0.29, 0.717) is 11.5 Å². The van der Waals surface area contributed by atoms with Crippen molar-refractivity contribution in [3.05, 3.63) is 168 Å². The minimum absolute atomic E-state index is 0. The van der Waals surface area contributed by atoms with Crippen LogP contribution < -0.4 is 4.74 Å². The molecule has 8 rings (SSSR count). The molecule has 1 aliphatic carbocycles. The molecule has 7 aromatic rings. The van der Waals surface area contributed by atoms with Crippen LogP contribution in [0.4, 0.5) is 0 Å². The van der Waals surface area contributed by atoms with Gasteiger partial charge >= 0.3 is 21.1 Å². The van der Waals surface area contributed by atoms with E-state index >= 15 is 0 Å². The Bertz CT molecular complexity index is 1970. The number of ether oxygens (including phenoxy) is 1. The SMILES string of the molecule is [Pt+2].[c-]1c(Oc2[c-]c(C3(c4ccccn4)c4ccccc4-c4ccccc43)ccc2)cccc1-c1nc2ccccc2s1. The van der Waals surface area contributed by atoms with Gasteiger partial charge < -0.3 is 4.74 Å². The van der Waals surface area contributed by atoms with Gasteiger partial charge in [0.25, 0.3) is 0 Å². The molecule has 5 aromatic carbocycles. The maximum atomic E-state index is 6.42. The zero-order valence-corrected chi connectivity index (χ0v) is 25.3. The molecular formula is C37H22N2OPtS. The van der Waals surface area contributed by atoms with Gasteiger partial charge in [0.1, 0.15) is 0 Å². The molecule has 0 atom stereocenters. The Hall–Kier alpha value is -4.37. The Kier molecular flexibility index (Phi) is 6.82. The molecule has 42 heavy (non-hydrogen) atoms. The average molecular weight is 738 g/mol. The van der Waals surface area contributed by atoms with Crippen LogP contribution in [0.2, 0.25) is 0 Å². The third-order valence-corrected chi connectivity index (χ3v) is 8.76. The molecule has 0 bridgehead atoms. The van der Waals surface area contributed by atoms with Crippen LogP contribution in [0.25, 0.3) is 31.9 Å². The molecule has 0 unspecified atom stereocenters. The molecule has 0 amide bonds. The van der Waals surface area contributed by atoms with Crippen molar-refractivity contribution >= 4 is 21.6 Å². The van der Waals surface area contributed by atoms with Gasteiger partial charge in [-0.25, -0.2) is 0 Å². The first-order valence-electron chi connectivity index (χ1n) is 13.5. The molecule has 1 aliphatic rings. The van der Waals surface area contributed by atoms with Gasteiger partial charge in [-0.3, -0.25) is 9.97 Å². The maximum Gasteiger partial charge on any atom is 2.00 e. The topological polar surface area (TPSA) is 35.0 Å². The summed E-state index contributed by atoms with van der Waals surface area (Å²) in [6.45, 7) is 0. The van der Waals surface area contributed by atoms with Gasteiger partial charge in [0.2, 0.25) is 0 Å². The summed E-state index contributed by atoms with van der Waals surface area (Å²) in [6, 6.07) is 50.6. The van der Waals surface area contributed by atoms with Crippen molar-refractivity contribution in [1.29, 1.82) is 0 Å². The van der Waals surface area contributed by atoms with Gasteiger partial charge in [-0.2, -0.15) is 23.5 Å². The van der Waals surface area contributed by atoms with E-state index in [1.54, 1.807) is 11.3 Å². The van der Waals surface area contributed by atoms with Crippen LogP contribution in [0, 0.1) is 12.1 Å². The molecule has 0 radical (unpaired) electrons. The Morgan fingerprint density at radius 3 is 2.02 bits per heavy atom. The number of thiazole rings is 1. The van der Waals surface area contributed by atoms with Crippen molar-refractivity contribution in [2.24, 2.45) is 0 Å². The van der Waals surface area contributed by atoms with Crippen molar-refractivity contribution in [3.8, 4) is 33.2 Å². The molecule has 2 heterocycles. The summed E-state index contributed by atoms with van der Waals surface area (Å²) >= 11 is 1.66. The van der Waals surface area contributed by atoms with E-state index in [-0.39, 0.29) is 21.1 Å². The first kappa shape index (κ1) is 26.5. The number of nitrogens with zero attached hydrogens (tertiary/aromatic N) is 2. The van der Waals surface area contributed by atoms with Crippen molar-refractivity contribution in [1.82, 2.24) is 9.97 Å². The number of benzene rings is 5. The normalized spacial score (nSPS) is 12.8. The molecular weight excluding hydrogens is 716 g/mol. The summed E-state index contributed by atoms with van der Waals surface area (Å²) < 4.78 is 7.57. The van der Waals surface area contributed by atoms with Gasteiger partial charge in [-0.1, -0.05) is 72.8 Å². The summed E-state index contributed by atoms with van der Waals surface area (Å²) in [4.78, 5) is 9.71. The average Bonchev–Trinajstić information content (AvgIpc) is 3.60. The van der Waals surface area contributed by atoms with E-state index < -0.39 is 5.41 Å². The Morgan fingerprint density at radius 1 is 0.619 bits per heavy atom. The molecule has 2 aromatic heterocycles. The largest absolute Gasteiger partial charge is 2.00 e. The van der Waals surface area contributed by atoms with Crippen molar-refractivity contribution < 1.29 is 25.8 Å². The molecule has 3 nitrogen and oxygen atoms in total. The minimum Gasteiger partial charge on any atom is -0.503 e. The van der Waals surface area contributed by atoms with Crippen LogP contribution in [0.3, 0.4) is 0 Å². The number of fused-ring (bicyclic) bond motifs is 4. The molecule has 202 valence electrons. The van der Waals surface area contributed by atoms with E-state index in [1.165, 1.54) is 22.3 Å². The number of para-hydroxylation sites is 1. The predicted molar refractivity (Wildman–Crippen MR) is 164 cm³/mol. The first-order valence-corrected chi connectivity index (χ1v) is 14.3. The van der Waals surface area contributed by atoms with Gasteiger partial charge in [-0.15, -0.1) is 41.5 Å². The van der Waals surface area contributed by atoms with Crippen molar-refractivity contribution in [2.75, 3.05) is 0 Å². The number of pyridine rings is 1. The third kappa shape index (κ3) is 4.22. The molecule has 0 N–H and O–H groups in total. The fraction of sp³-hybridized carbons (Fsp3) is 0.0270. The first-order chi connectivity index (χ1) is 20.3. The Morgan fingerprint density at radius 2 is 1.29 bits per heavy atom. The number of hydrogen-bond donors (Lipinski definition) is 0. The van der Waals surface area contributed by atoms with Crippen LogP contribution in [-0.2, 0) is 26.5 Å². The van der Waals surface area contributed by atoms with E-state index in [2.05, 4.69) is 84.9 Å². The van der Waals surface area contributed by atoms with Crippen LogP contribution in [0.1, 0.15) is 22.4 Å². The molecule has 0 aliphatic heterocycles. The minimum atomic E-state index is -0.625. The smallest absolute Gasteiger partial charge is 0.503 e. The summed E-state index contributed by atoms with van der Waals surface area (Å²) in [5, 5.41) is 0.919. The number of rotatable bonds is 5. The monoisotopic (exact) mass is 737 g/mol. The van der Waals surface area contributed by atoms with Crippen LogP contribution in [0.15, 0.2) is 134 Å². The molecule has 5 heteroatoms. The summed E-state index contributed by atoms with van der Waals surface area (Å²) in [5.41, 5.74) is 8.02. The predicted octanol–water partition coefficient (Wildman–Crippen LogP) is 9.11. The maximum absolute atomic E-state index is 6.42. The molecule has 0 fully saturated rings. The second-order valence-electron chi connectivity index (χ2n) is 10.0. The summed E-state index contributed by atoms with van der Waals surface area (Å²) in [5.74, 6) is 1.24. The quantitative estimate of drug-likeness (QED) is 0.166. The number of aromatic nitrogens is 2. The fourth-order valence-electron chi connectivity index (χ4n) is 5.99. The van der Waals surface area contributed by atoms with Gasteiger partial charge in [0.15, 0.2) is 0 Å². The van der Waals surface area contributed by atoms with E-state index in [9.17, 15) is 0 Å². The van der Waals surface area contributed by atoms with Crippen LogP contribution in [0.5, 0.6) is 11.5 Å². The standard InChI is InChI=1S/C37H22N2OS.Pt/c1-3-17-31-29(15-1)30-16-2-4-18-32(30)37(31,35-21-7-8-22-38-35)26-12-10-14-28(24-26)40-27-13-9-11-25(23-27)36-39-33-19-5-6-20-34(33)41-36;/h1-22H;/q-2;+2. The molecule has 0 saturated carbocycles. The summed E-state index contributed by atoms with van der Waals surface area (Å²) in [6.07, 6.45) is 1.86. The third-order valence-electron chi connectivity index (χ3n) is 7.69. The van der Waals surface area contributed by atoms with Crippen LogP contribution >= 0.6 is 11.3 Å². The summed E-state index contributed by atoms with van der Waals surface area (Å²) in [7, 11) is 0. The van der Waals surface area contributed by atoms with Crippen molar-refractivity contribution in [3.63, 3.8) is 0 Å². The zero-order chi connectivity index (χ0) is 27.2. The van der Waals surface area contributed by atoms with Gasteiger partial charge in [0, 0.05) is 27.4 Å². The van der Waals surface area contributed by atoms with Crippen molar-refractivity contribution in [2.45, 2.75) is 5.41 Å². The molecule has 0 saturated heterocycles. The Balaban J connectivity index is 0.00000288. The van der Waals surface area contributed by atoms with E-state index in [1.807, 2.05) is 60.8 Å². The van der Waals surface area contributed by atoms with Crippen LogP contribution in [-0.4, -0.2) is 9.97 Å².